The van der Waals surface area contributed by atoms with Crippen LogP contribution in [0.25, 0.3) is 0 Å². The van der Waals surface area contributed by atoms with Gasteiger partial charge in [-0.25, -0.2) is 0 Å². The molecule has 1 N–H and O–H groups in total. The summed E-state index contributed by atoms with van der Waals surface area (Å²) in [7, 11) is 0. The van der Waals surface area contributed by atoms with Crippen LogP contribution in [0.2, 0.25) is 5.02 Å². The largest absolute Gasteiger partial charge is 0.348 e. The molecule has 0 spiro atoms. The molecule has 0 aliphatic carbocycles. The minimum Gasteiger partial charge on any atom is -0.348 e. The number of carbonyl (C=O) groups excluding carboxylic acids is 3. The number of aromatic nitrogens is 1. The van der Waals surface area contributed by atoms with Gasteiger partial charge in [0, 0.05) is 50.1 Å². The van der Waals surface area contributed by atoms with Gasteiger partial charge < -0.3 is 15.1 Å². The van der Waals surface area contributed by atoms with Crippen LogP contribution in [-0.4, -0.2) is 59.2 Å². The van der Waals surface area contributed by atoms with E-state index in [2.05, 4.69) is 10.3 Å². The molecule has 1 aliphatic heterocycles. The number of rotatable bonds is 5. The van der Waals surface area contributed by atoms with Crippen molar-refractivity contribution in [2.45, 2.75) is 6.54 Å². The lowest BCUT2D eigenvalue weighted by molar-refractivity contribution is -0.119. The van der Waals surface area contributed by atoms with Gasteiger partial charge in [0.1, 0.15) is 0 Å². The molecule has 7 nitrogen and oxygen atoms in total. The molecule has 0 saturated carbocycles. The summed E-state index contributed by atoms with van der Waals surface area (Å²) >= 11 is 6.09. The SMILES string of the molecule is O=CN1CCN(C(=O)c2cncc(C(=O)NCc3ccccc3Cl)c2)CC1. The van der Waals surface area contributed by atoms with Crippen molar-refractivity contribution in [2.75, 3.05) is 26.2 Å². The number of pyridine rings is 1. The Morgan fingerprint density at radius 2 is 1.81 bits per heavy atom. The van der Waals surface area contributed by atoms with E-state index in [0.717, 1.165) is 12.0 Å². The lowest BCUT2D eigenvalue weighted by atomic mass is 10.1. The first-order valence-electron chi connectivity index (χ1n) is 8.54. The number of hydrogen-bond acceptors (Lipinski definition) is 4. The van der Waals surface area contributed by atoms with Crippen LogP contribution in [0.3, 0.4) is 0 Å². The topological polar surface area (TPSA) is 82.6 Å². The normalized spacial score (nSPS) is 14.0. The summed E-state index contributed by atoms with van der Waals surface area (Å²) < 4.78 is 0. The molecule has 1 aromatic heterocycles. The standard InChI is InChI=1S/C19H19ClN4O3/c20-17-4-2-1-3-14(17)12-22-18(26)15-9-16(11-21-10-15)19(27)24-7-5-23(13-25)6-8-24/h1-4,9-11,13H,5-8,12H2,(H,22,26). The van der Waals surface area contributed by atoms with E-state index in [0.29, 0.717) is 42.3 Å². The van der Waals surface area contributed by atoms with E-state index >= 15 is 0 Å². The van der Waals surface area contributed by atoms with Gasteiger partial charge in [-0.05, 0) is 17.7 Å². The highest BCUT2D eigenvalue weighted by Crippen LogP contribution is 2.15. The highest BCUT2D eigenvalue weighted by atomic mass is 35.5. The maximum atomic E-state index is 12.6. The second-order valence-electron chi connectivity index (χ2n) is 6.17. The molecule has 2 heterocycles. The molecule has 1 fully saturated rings. The molecule has 1 saturated heterocycles. The molecule has 0 atom stereocenters. The Balaban J connectivity index is 1.64. The summed E-state index contributed by atoms with van der Waals surface area (Å²) in [5, 5.41) is 3.36. The average Bonchev–Trinajstić information content (AvgIpc) is 2.72. The van der Waals surface area contributed by atoms with E-state index in [9.17, 15) is 14.4 Å². The lowest BCUT2D eigenvalue weighted by Gasteiger charge is -2.32. The molecule has 8 heteroatoms. The number of nitrogens with one attached hydrogen (secondary N) is 1. The summed E-state index contributed by atoms with van der Waals surface area (Å²) in [6.45, 7) is 2.20. The van der Waals surface area contributed by atoms with Crippen molar-refractivity contribution >= 4 is 29.8 Å². The van der Waals surface area contributed by atoms with Crippen molar-refractivity contribution in [2.24, 2.45) is 0 Å². The molecule has 1 aliphatic rings. The maximum Gasteiger partial charge on any atom is 0.255 e. The van der Waals surface area contributed by atoms with E-state index in [-0.39, 0.29) is 18.4 Å². The van der Waals surface area contributed by atoms with E-state index in [4.69, 9.17) is 11.6 Å². The molecule has 1 aromatic carbocycles. The summed E-state index contributed by atoms with van der Waals surface area (Å²) in [5.41, 5.74) is 1.46. The van der Waals surface area contributed by atoms with Gasteiger partial charge in [0.15, 0.2) is 0 Å². The smallest absolute Gasteiger partial charge is 0.255 e. The van der Waals surface area contributed by atoms with E-state index in [1.54, 1.807) is 15.9 Å². The molecule has 27 heavy (non-hydrogen) atoms. The summed E-state index contributed by atoms with van der Waals surface area (Å²) in [6, 6.07) is 8.79. The van der Waals surface area contributed by atoms with E-state index in [1.165, 1.54) is 18.5 Å². The fourth-order valence-corrected chi connectivity index (χ4v) is 3.02. The van der Waals surface area contributed by atoms with Crippen LogP contribution >= 0.6 is 11.6 Å². The number of halogens is 1. The number of hydrogen-bond donors (Lipinski definition) is 1. The zero-order valence-electron chi connectivity index (χ0n) is 14.6. The van der Waals surface area contributed by atoms with Gasteiger partial charge in [0.05, 0.1) is 11.1 Å². The first-order chi connectivity index (χ1) is 13.1. The fourth-order valence-electron chi connectivity index (χ4n) is 2.81. The van der Waals surface area contributed by atoms with Crippen LogP contribution in [0, 0.1) is 0 Å². The fraction of sp³-hybridized carbons (Fsp3) is 0.263. The first-order valence-corrected chi connectivity index (χ1v) is 8.91. The third-order valence-electron chi connectivity index (χ3n) is 4.40. The van der Waals surface area contributed by atoms with Gasteiger partial charge in [0.2, 0.25) is 6.41 Å². The zero-order valence-corrected chi connectivity index (χ0v) is 15.4. The lowest BCUT2D eigenvalue weighted by Crippen LogP contribution is -2.48. The second-order valence-corrected chi connectivity index (χ2v) is 6.58. The molecule has 3 rings (SSSR count). The highest BCUT2D eigenvalue weighted by Gasteiger charge is 2.22. The van der Waals surface area contributed by atoms with E-state index in [1.807, 2.05) is 18.2 Å². The Morgan fingerprint density at radius 3 is 2.52 bits per heavy atom. The van der Waals surface area contributed by atoms with Crippen molar-refractivity contribution in [1.82, 2.24) is 20.1 Å². The van der Waals surface area contributed by atoms with Crippen molar-refractivity contribution in [3.05, 3.63) is 64.4 Å². The molecular weight excluding hydrogens is 368 g/mol. The van der Waals surface area contributed by atoms with Crippen molar-refractivity contribution in [1.29, 1.82) is 0 Å². The van der Waals surface area contributed by atoms with Crippen LogP contribution in [0.15, 0.2) is 42.7 Å². The molecule has 0 unspecified atom stereocenters. The molecule has 2 aromatic rings. The van der Waals surface area contributed by atoms with Crippen LogP contribution in [-0.2, 0) is 11.3 Å². The summed E-state index contributed by atoms with van der Waals surface area (Å²) in [5.74, 6) is -0.531. The van der Waals surface area contributed by atoms with Crippen molar-refractivity contribution < 1.29 is 14.4 Å². The predicted octanol–water partition coefficient (Wildman–Crippen LogP) is 1.58. The minimum atomic E-state index is -0.331. The quantitative estimate of drug-likeness (QED) is 0.791. The number of carbonyl (C=O) groups is 3. The van der Waals surface area contributed by atoms with Crippen LogP contribution < -0.4 is 5.32 Å². The maximum absolute atomic E-state index is 12.6. The number of piperazine rings is 1. The molecule has 0 radical (unpaired) electrons. The third kappa shape index (κ3) is 4.62. The van der Waals surface area contributed by atoms with Gasteiger partial charge in [-0.15, -0.1) is 0 Å². The first kappa shape index (κ1) is 18.8. The molecule has 3 amide bonds. The van der Waals surface area contributed by atoms with E-state index < -0.39 is 0 Å². The number of amides is 3. The minimum absolute atomic E-state index is 0.200. The Bertz CT molecular complexity index is 850. The zero-order chi connectivity index (χ0) is 19.2. The molecule has 0 bridgehead atoms. The van der Waals surface area contributed by atoms with Gasteiger partial charge >= 0.3 is 0 Å². The second kappa shape index (κ2) is 8.64. The molecule has 140 valence electrons. The monoisotopic (exact) mass is 386 g/mol. The van der Waals surface area contributed by atoms with Crippen LogP contribution in [0.1, 0.15) is 26.3 Å². The number of nitrogens with zero attached hydrogens (tertiary/aromatic N) is 3. The van der Waals surface area contributed by atoms with Gasteiger partial charge in [-0.2, -0.15) is 0 Å². The van der Waals surface area contributed by atoms with Crippen molar-refractivity contribution in [3.8, 4) is 0 Å². The van der Waals surface area contributed by atoms with Crippen LogP contribution in [0.4, 0.5) is 0 Å². The summed E-state index contributed by atoms with van der Waals surface area (Å²) in [4.78, 5) is 43.1. The Kier molecular flexibility index (Phi) is 6.03. The van der Waals surface area contributed by atoms with Crippen molar-refractivity contribution in [3.63, 3.8) is 0 Å². The number of benzene rings is 1. The summed E-state index contributed by atoms with van der Waals surface area (Å²) in [6.07, 6.45) is 3.65. The highest BCUT2D eigenvalue weighted by molar-refractivity contribution is 6.31. The Labute approximate surface area is 161 Å². The van der Waals surface area contributed by atoms with Gasteiger partial charge in [-0.3, -0.25) is 19.4 Å². The third-order valence-corrected chi connectivity index (χ3v) is 4.76. The predicted molar refractivity (Wildman–Crippen MR) is 100 cm³/mol. The Hall–Kier alpha value is -2.93. The van der Waals surface area contributed by atoms with Gasteiger partial charge in [0.25, 0.3) is 11.8 Å². The Morgan fingerprint density at radius 1 is 1.11 bits per heavy atom. The van der Waals surface area contributed by atoms with Gasteiger partial charge in [-0.1, -0.05) is 29.8 Å². The molecular formula is C19H19ClN4O3. The average molecular weight is 387 g/mol. The van der Waals surface area contributed by atoms with Crippen LogP contribution in [0.5, 0.6) is 0 Å².